The Labute approximate surface area is 68.8 Å². The van der Waals surface area contributed by atoms with E-state index in [-0.39, 0.29) is 6.10 Å². The third-order valence-electron chi connectivity index (χ3n) is 2.79. The van der Waals surface area contributed by atoms with Gasteiger partial charge in [0.15, 0.2) is 0 Å². The second kappa shape index (κ2) is 3.11. The first-order valence-electron chi connectivity index (χ1n) is 4.43. The van der Waals surface area contributed by atoms with Crippen LogP contribution in [0.5, 0.6) is 0 Å². The van der Waals surface area contributed by atoms with Crippen LogP contribution in [0, 0.1) is 11.3 Å². The molecule has 0 aromatic carbocycles. The van der Waals surface area contributed by atoms with E-state index in [4.69, 9.17) is 5.73 Å². The lowest BCUT2D eigenvalue weighted by Gasteiger charge is -2.19. The molecule has 0 aromatic rings. The fraction of sp³-hybridized carbons (Fsp3) is 1.00. The molecule has 11 heavy (non-hydrogen) atoms. The topological polar surface area (TPSA) is 46.2 Å². The molecule has 66 valence electrons. The molecule has 1 rings (SSSR count). The molecule has 2 nitrogen and oxygen atoms in total. The van der Waals surface area contributed by atoms with Gasteiger partial charge in [-0.05, 0) is 30.6 Å². The van der Waals surface area contributed by atoms with Crippen molar-refractivity contribution in [2.45, 2.75) is 39.2 Å². The molecule has 1 saturated carbocycles. The zero-order chi connectivity index (χ0) is 8.48. The van der Waals surface area contributed by atoms with Crippen LogP contribution in [0.1, 0.15) is 33.1 Å². The van der Waals surface area contributed by atoms with Crippen LogP contribution in [0.2, 0.25) is 0 Å². The van der Waals surface area contributed by atoms with E-state index in [1.165, 1.54) is 6.42 Å². The Kier molecular flexibility index (Phi) is 2.55. The van der Waals surface area contributed by atoms with Crippen molar-refractivity contribution in [3.05, 3.63) is 0 Å². The first kappa shape index (κ1) is 9.01. The maximum absolute atomic E-state index is 9.46. The van der Waals surface area contributed by atoms with E-state index in [2.05, 4.69) is 13.8 Å². The minimum absolute atomic E-state index is 0.267. The molecule has 0 aliphatic heterocycles. The summed E-state index contributed by atoms with van der Waals surface area (Å²) in [7, 11) is 0. The SMILES string of the molecule is CC1(C)CCC(C(O)CN)C1. The molecule has 0 saturated heterocycles. The van der Waals surface area contributed by atoms with Crippen LogP contribution < -0.4 is 5.73 Å². The summed E-state index contributed by atoms with van der Waals surface area (Å²) in [5.41, 5.74) is 5.82. The predicted octanol–water partition coefficient (Wildman–Crippen LogP) is 1.13. The van der Waals surface area contributed by atoms with Crippen LogP contribution in [-0.2, 0) is 0 Å². The highest BCUT2D eigenvalue weighted by Crippen LogP contribution is 2.41. The van der Waals surface area contributed by atoms with Gasteiger partial charge in [-0.3, -0.25) is 0 Å². The summed E-state index contributed by atoms with van der Waals surface area (Å²) in [4.78, 5) is 0. The van der Waals surface area contributed by atoms with Gasteiger partial charge in [-0.25, -0.2) is 0 Å². The number of rotatable bonds is 2. The first-order chi connectivity index (χ1) is 5.05. The third-order valence-corrected chi connectivity index (χ3v) is 2.79. The quantitative estimate of drug-likeness (QED) is 0.631. The second-order valence-electron chi connectivity index (χ2n) is 4.47. The molecular weight excluding hydrogens is 138 g/mol. The molecule has 1 fully saturated rings. The standard InChI is InChI=1S/C9H19NO/c1-9(2)4-3-7(5-9)8(11)6-10/h7-8,11H,3-6,10H2,1-2H3. The van der Waals surface area contributed by atoms with Crippen LogP contribution in [0.4, 0.5) is 0 Å². The number of aliphatic hydroxyl groups excluding tert-OH is 1. The molecular formula is C9H19NO. The maximum Gasteiger partial charge on any atom is 0.0690 e. The molecule has 0 amide bonds. The van der Waals surface area contributed by atoms with E-state index in [1.54, 1.807) is 0 Å². The molecule has 0 spiro atoms. The summed E-state index contributed by atoms with van der Waals surface area (Å²) in [5, 5.41) is 9.46. The van der Waals surface area contributed by atoms with Crippen molar-refractivity contribution >= 4 is 0 Å². The Morgan fingerprint density at radius 2 is 2.27 bits per heavy atom. The Hall–Kier alpha value is -0.0800. The second-order valence-corrected chi connectivity index (χ2v) is 4.47. The predicted molar refractivity (Wildman–Crippen MR) is 46.2 cm³/mol. The molecule has 0 aromatic heterocycles. The number of aliphatic hydroxyl groups is 1. The van der Waals surface area contributed by atoms with Gasteiger partial charge in [-0.1, -0.05) is 13.8 Å². The lowest BCUT2D eigenvalue weighted by Crippen LogP contribution is -2.27. The van der Waals surface area contributed by atoms with E-state index in [9.17, 15) is 5.11 Å². The lowest BCUT2D eigenvalue weighted by atomic mass is 9.89. The van der Waals surface area contributed by atoms with Crippen LogP contribution in [0.25, 0.3) is 0 Å². The largest absolute Gasteiger partial charge is 0.392 e. The summed E-state index contributed by atoms with van der Waals surface area (Å²) >= 11 is 0. The van der Waals surface area contributed by atoms with Crippen molar-refractivity contribution < 1.29 is 5.11 Å². The van der Waals surface area contributed by atoms with Crippen LogP contribution >= 0.6 is 0 Å². The molecule has 2 heteroatoms. The van der Waals surface area contributed by atoms with Crippen LogP contribution in [0.15, 0.2) is 0 Å². The normalized spacial score (nSPS) is 32.2. The maximum atomic E-state index is 9.46. The van der Waals surface area contributed by atoms with Gasteiger partial charge in [0.2, 0.25) is 0 Å². The monoisotopic (exact) mass is 157 g/mol. The fourth-order valence-electron chi connectivity index (χ4n) is 2.01. The summed E-state index contributed by atoms with van der Waals surface area (Å²) in [6, 6.07) is 0. The summed E-state index contributed by atoms with van der Waals surface area (Å²) in [5.74, 6) is 0.454. The van der Waals surface area contributed by atoms with E-state index >= 15 is 0 Å². The van der Waals surface area contributed by atoms with Gasteiger partial charge in [-0.2, -0.15) is 0 Å². The minimum atomic E-state index is -0.267. The molecule has 0 radical (unpaired) electrons. The highest BCUT2D eigenvalue weighted by Gasteiger charge is 2.33. The van der Waals surface area contributed by atoms with E-state index in [1.807, 2.05) is 0 Å². The van der Waals surface area contributed by atoms with Crippen molar-refractivity contribution in [1.29, 1.82) is 0 Å². The average molecular weight is 157 g/mol. The number of hydrogen-bond donors (Lipinski definition) is 2. The molecule has 1 aliphatic carbocycles. The molecule has 3 N–H and O–H groups in total. The molecule has 1 aliphatic rings. The highest BCUT2D eigenvalue weighted by molar-refractivity contribution is 4.85. The third kappa shape index (κ3) is 2.17. The molecule has 2 atom stereocenters. The van der Waals surface area contributed by atoms with Crippen LogP contribution in [0.3, 0.4) is 0 Å². The zero-order valence-electron chi connectivity index (χ0n) is 7.51. The minimum Gasteiger partial charge on any atom is -0.392 e. The van der Waals surface area contributed by atoms with Gasteiger partial charge in [0, 0.05) is 6.54 Å². The van der Waals surface area contributed by atoms with E-state index in [0.29, 0.717) is 17.9 Å². The van der Waals surface area contributed by atoms with Crippen LogP contribution in [-0.4, -0.2) is 17.8 Å². The first-order valence-corrected chi connectivity index (χ1v) is 4.43. The summed E-state index contributed by atoms with van der Waals surface area (Å²) < 4.78 is 0. The van der Waals surface area contributed by atoms with Crippen molar-refractivity contribution in [3.63, 3.8) is 0 Å². The summed E-state index contributed by atoms with van der Waals surface area (Å²) in [6.45, 7) is 4.94. The highest BCUT2D eigenvalue weighted by atomic mass is 16.3. The van der Waals surface area contributed by atoms with Gasteiger partial charge in [0.25, 0.3) is 0 Å². The van der Waals surface area contributed by atoms with Gasteiger partial charge in [-0.15, -0.1) is 0 Å². The Morgan fingerprint density at radius 1 is 1.64 bits per heavy atom. The molecule has 2 unspecified atom stereocenters. The average Bonchev–Trinajstić information content (AvgIpc) is 2.29. The van der Waals surface area contributed by atoms with Crippen molar-refractivity contribution in [2.75, 3.05) is 6.54 Å². The Bertz CT molecular complexity index is 134. The smallest absolute Gasteiger partial charge is 0.0690 e. The van der Waals surface area contributed by atoms with Crippen molar-refractivity contribution in [2.24, 2.45) is 17.1 Å². The summed E-state index contributed by atoms with van der Waals surface area (Å²) in [6.07, 6.45) is 3.24. The van der Waals surface area contributed by atoms with Crippen molar-refractivity contribution in [3.8, 4) is 0 Å². The zero-order valence-corrected chi connectivity index (χ0v) is 7.51. The molecule has 0 bridgehead atoms. The van der Waals surface area contributed by atoms with Gasteiger partial charge in [0.1, 0.15) is 0 Å². The van der Waals surface area contributed by atoms with Gasteiger partial charge in [0.05, 0.1) is 6.10 Å². The molecule has 0 heterocycles. The van der Waals surface area contributed by atoms with Crippen molar-refractivity contribution in [1.82, 2.24) is 0 Å². The lowest BCUT2D eigenvalue weighted by molar-refractivity contribution is 0.112. The fourth-order valence-corrected chi connectivity index (χ4v) is 2.01. The number of nitrogens with two attached hydrogens (primary N) is 1. The Morgan fingerprint density at radius 3 is 2.64 bits per heavy atom. The van der Waals surface area contributed by atoms with Gasteiger partial charge >= 0.3 is 0 Å². The number of hydrogen-bond acceptors (Lipinski definition) is 2. The van der Waals surface area contributed by atoms with E-state index < -0.39 is 0 Å². The van der Waals surface area contributed by atoms with E-state index in [0.717, 1.165) is 12.8 Å². The Balaban J connectivity index is 2.41. The van der Waals surface area contributed by atoms with Gasteiger partial charge < -0.3 is 10.8 Å².